The van der Waals surface area contributed by atoms with Gasteiger partial charge in [-0.15, -0.1) is 0 Å². The predicted molar refractivity (Wildman–Crippen MR) is 148 cm³/mol. The van der Waals surface area contributed by atoms with Crippen molar-refractivity contribution in [2.24, 2.45) is 0 Å². The number of aliphatic hydroxyl groups is 1. The number of ether oxygens (including phenoxy) is 3. The number of nitrogens with zero attached hydrogens (tertiary/aromatic N) is 2. The van der Waals surface area contributed by atoms with E-state index in [9.17, 15) is 19.5 Å². The van der Waals surface area contributed by atoms with Crippen LogP contribution < -0.4 is 14.4 Å². The molecule has 0 aliphatic carbocycles. The summed E-state index contributed by atoms with van der Waals surface area (Å²) >= 11 is 0.960. The van der Waals surface area contributed by atoms with E-state index in [0.29, 0.717) is 34.9 Å². The van der Waals surface area contributed by atoms with Crippen LogP contribution in [0.25, 0.3) is 5.76 Å². The number of methoxy groups -OCH3 is 1. The molecule has 204 valence electrons. The number of anilines is 1. The minimum absolute atomic E-state index is 0.0858. The van der Waals surface area contributed by atoms with Gasteiger partial charge in [0.2, 0.25) is 0 Å². The molecule has 2 heterocycles. The third-order valence-electron chi connectivity index (χ3n) is 6.24. The zero-order chi connectivity index (χ0) is 28.3. The molecule has 1 aliphatic heterocycles. The van der Waals surface area contributed by atoms with Gasteiger partial charge in [-0.2, -0.15) is 0 Å². The van der Waals surface area contributed by atoms with E-state index >= 15 is 0 Å². The number of rotatable bonds is 9. The van der Waals surface area contributed by atoms with Crippen molar-refractivity contribution < 1.29 is 33.7 Å². The van der Waals surface area contributed by atoms with E-state index in [0.717, 1.165) is 23.3 Å². The molecule has 1 N–H and O–H groups in total. The van der Waals surface area contributed by atoms with Crippen molar-refractivity contribution in [1.82, 2.24) is 4.98 Å². The van der Waals surface area contributed by atoms with Crippen LogP contribution in [0.15, 0.2) is 48.0 Å². The van der Waals surface area contributed by atoms with Gasteiger partial charge in [0.05, 0.1) is 37.6 Å². The van der Waals surface area contributed by atoms with E-state index in [1.807, 2.05) is 13.8 Å². The van der Waals surface area contributed by atoms with Crippen LogP contribution in [-0.4, -0.2) is 48.1 Å². The summed E-state index contributed by atoms with van der Waals surface area (Å²) in [5.41, 5.74) is 1.99. The highest BCUT2D eigenvalue weighted by atomic mass is 32.1. The molecule has 1 atom stereocenters. The summed E-state index contributed by atoms with van der Waals surface area (Å²) in [5.74, 6) is -1.34. The maximum atomic E-state index is 13.5. The molecule has 39 heavy (non-hydrogen) atoms. The second kappa shape index (κ2) is 11.7. The molecule has 1 fully saturated rings. The van der Waals surface area contributed by atoms with Crippen molar-refractivity contribution in [3.05, 3.63) is 75.3 Å². The second-order valence-electron chi connectivity index (χ2n) is 8.90. The Labute approximate surface area is 230 Å². The van der Waals surface area contributed by atoms with Gasteiger partial charge >= 0.3 is 11.9 Å². The third-order valence-corrected chi connectivity index (χ3v) is 7.37. The summed E-state index contributed by atoms with van der Waals surface area (Å²) in [6, 6.07) is 10.9. The highest BCUT2D eigenvalue weighted by molar-refractivity contribution is 7.17. The van der Waals surface area contributed by atoms with Gasteiger partial charge < -0.3 is 19.3 Å². The molecule has 1 aromatic heterocycles. The monoisotopic (exact) mass is 550 g/mol. The predicted octanol–water partition coefficient (Wildman–Crippen LogP) is 5.36. The number of Topliss-reactive ketones (excluding diaryl/α,β-unsaturated/α-hetero) is 1. The first-order chi connectivity index (χ1) is 18.7. The number of carbonyl (C=O) groups excluding carboxylic acids is 3. The van der Waals surface area contributed by atoms with Crippen molar-refractivity contribution in [2.45, 2.75) is 40.2 Å². The molecule has 2 aromatic carbocycles. The highest BCUT2D eigenvalue weighted by Crippen LogP contribution is 2.44. The molecule has 1 aliphatic rings. The lowest BCUT2D eigenvalue weighted by Crippen LogP contribution is -2.29. The van der Waals surface area contributed by atoms with Gasteiger partial charge in [0.1, 0.15) is 22.1 Å². The fourth-order valence-corrected chi connectivity index (χ4v) is 5.32. The van der Waals surface area contributed by atoms with Crippen molar-refractivity contribution >= 4 is 39.9 Å². The second-order valence-corrected chi connectivity index (χ2v) is 9.88. The molecule has 3 aromatic rings. The van der Waals surface area contributed by atoms with Crippen LogP contribution in [0, 0.1) is 13.8 Å². The lowest BCUT2D eigenvalue weighted by Gasteiger charge is -2.23. The summed E-state index contributed by atoms with van der Waals surface area (Å²) in [7, 11) is 1.53. The van der Waals surface area contributed by atoms with Gasteiger partial charge in [-0.05, 0) is 68.7 Å². The molecule has 1 amide bonds. The first-order valence-corrected chi connectivity index (χ1v) is 13.4. The lowest BCUT2D eigenvalue weighted by atomic mass is 9.95. The first kappa shape index (κ1) is 27.8. The molecule has 10 heteroatoms. The molecule has 1 unspecified atom stereocenters. The Balaban J connectivity index is 1.87. The van der Waals surface area contributed by atoms with Crippen LogP contribution >= 0.6 is 11.3 Å². The van der Waals surface area contributed by atoms with E-state index in [2.05, 4.69) is 4.98 Å². The number of hydrogen-bond acceptors (Lipinski definition) is 9. The van der Waals surface area contributed by atoms with E-state index in [1.165, 1.54) is 12.0 Å². The standard InChI is InChI=1S/C29H30N2O7S/c1-6-14-38-21-13-10-19(15-16(21)3)24(32)22-23(18-8-11-20(36-5)12-9-18)31(27(34)25(22)33)29-30-17(4)26(39-29)28(35)37-7-2/h8-13,15,23,32H,6-7,14H2,1-5H3. The number of amides is 1. The van der Waals surface area contributed by atoms with Gasteiger partial charge in [0.15, 0.2) is 5.13 Å². The number of aryl methyl sites for hydroxylation is 2. The molecule has 4 rings (SSSR count). The molecule has 0 bridgehead atoms. The molecule has 0 spiro atoms. The zero-order valence-corrected chi connectivity index (χ0v) is 23.3. The number of benzene rings is 2. The Bertz CT molecular complexity index is 1440. The SMILES string of the molecule is CCCOc1ccc(C(O)=C2C(=O)C(=O)N(c3nc(C)c(C(=O)OCC)s3)C2c2ccc(OC)cc2)cc1C. The van der Waals surface area contributed by atoms with Gasteiger partial charge in [-0.25, -0.2) is 9.78 Å². The Morgan fingerprint density at radius 1 is 1.10 bits per heavy atom. The van der Waals surface area contributed by atoms with Gasteiger partial charge in [-0.1, -0.05) is 30.4 Å². The normalized spacial score (nSPS) is 16.4. The number of aromatic nitrogens is 1. The summed E-state index contributed by atoms with van der Waals surface area (Å²) < 4.78 is 16.1. The largest absolute Gasteiger partial charge is 0.507 e. The summed E-state index contributed by atoms with van der Waals surface area (Å²) in [6.07, 6.45) is 0.848. The molecular formula is C29H30N2O7S. The summed E-state index contributed by atoms with van der Waals surface area (Å²) in [5, 5.41) is 11.6. The minimum atomic E-state index is -0.993. The van der Waals surface area contributed by atoms with Crippen LogP contribution in [0.1, 0.15) is 58.4 Å². The number of hydrogen-bond donors (Lipinski definition) is 1. The molecular weight excluding hydrogens is 520 g/mol. The Kier molecular flexibility index (Phi) is 8.35. The number of carbonyl (C=O) groups is 3. The van der Waals surface area contributed by atoms with Crippen LogP contribution in [-0.2, 0) is 14.3 Å². The van der Waals surface area contributed by atoms with E-state index in [-0.39, 0.29) is 27.9 Å². The van der Waals surface area contributed by atoms with Crippen molar-refractivity contribution in [2.75, 3.05) is 25.2 Å². The average molecular weight is 551 g/mol. The number of aliphatic hydroxyl groups excluding tert-OH is 1. The number of esters is 1. The number of thiazole rings is 1. The van der Waals surface area contributed by atoms with Crippen LogP contribution in [0.5, 0.6) is 11.5 Å². The zero-order valence-electron chi connectivity index (χ0n) is 22.4. The number of ketones is 1. The van der Waals surface area contributed by atoms with Crippen LogP contribution in [0.2, 0.25) is 0 Å². The first-order valence-electron chi connectivity index (χ1n) is 12.5. The van der Waals surface area contributed by atoms with E-state index in [1.54, 1.807) is 56.3 Å². The summed E-state index contributed by atoms with van der Waals surface area (Å²) in [6.45, 7) is 7.92. The van der Waals surface area contributed by atoms with E-state index < -0.39 is 23.7 Å². The molecule has 1 saturated heterocycles. The van der Waals surface area contributed by atoms with Gasteiger partial charge in [-0.3, -0.25) is 14.5 Å². The van der Waals surface area contributed by atoms with E-state index in [4.69, 9.17) is 14.2 Å². The fourth-order valence-electron chi connectivity index (χ4n) is 4.33. The Hall–Kier alpha value is -4.18. The van der Waals surface area contributed by atoms with Gasteiger partial charge in [0, 0.05) is 5.56 Å². The van der Waals surface area contributed by atoms with Crippen LogP contribution in [0.4, 0.5) is 5.13 Å². The van der Waals surface area contributed by atoms with Crippen molar-refractivity contribution in [1.29, 1.82) is 0 Å². The maximum Gasteiger partial charge on any atom is 0.350 e. The molecule has 9 nitrogen and oxygen atoms in total. The molecule has 0 saturated carbocycles. The smallest absolute Gasteiger partial charge is 0.350 e. The quantitative estimate of drug-likeness (QED) is 0.164. The van der Waals surface area contributed by atoms with Crippen molar-refractivity contribution in [3.8, 4) is 11.5 Å². The average Bonchev–Trinajstić information content (AvgIpc) is 3.44. The summed E-state index contributed by atoms with van der Waals surface area (Å²) in [4.78, 5) is 45.3. The topological polar surface area (TPSA) is 115 Å². The van der Waals surface area contributed by atoms with Crippen molar-refractivity contribution in [3.63, 3.8) is 0 Å². The minimum Gasteiger partial charge on any atom is -0.507 e. The van der Waals surface area contributed by atoms with Crippen LogP contribution in [0.3, 0.4) is 0 Å². The van der Waals surface area contributed by atoms with Gasteiger partial charge in [0.25, 0.3) is 5.78 Å². The third kappa shape index (κ3) is 5.37. The highest BCUT2D eigenvalue weighted by Gasteiger charge is 2.48. The Morgan fingerprint density at radius 3 is 2.44 bits per heavy atom. The fraction of sp³-hybridized carbons (Fsp3) is 0.310. The lowest BCUT2D eigenvalue weighted by molar-refractivity contribution is -0.132. The molecule has 0 radical (unpaired) electrons. The maximum absolute atomic E-state index is 13.5. The Morgan fingerprint density at radius 2 is 1.82 bits per heavy atom.